The molecule has 9 heteroatoms. The van der Waals surface area contributed by atoms with E-state index in [4.69, 9.17) is 0 Å². The van der Waals surface area contributed by atoms with E-state index in [-0.39, 0.29) is 4.90 Å². The summed E-state index contributed by atoms with van der Waals surface area (Å²) < 4.78 is 36.1. The molecule has 0 unspecified atom stereocenters. The van der Waals surface area contributed by atoms with Crippen molar-refractivity contribution in [2.75, 3.05) is 52.4 Å². The fraction of sp³-hybridized carbons (Fsp3) is 0.667. The Morgan fingerprint density at radius 2 is 1.59 bits per heavy atom. The van der Waals surface area contributed by atoms with E-state index in [1.807, 2.05) is 0 Å². The maximum atomic E-state index is 13.1. The molecular formula is C18H27N5O2S2. The van der Waals surface area contributed by atoms with Gasteiger partial charge in [0.1, 0.15) is 15.9 Å². The molecule has 2 aliphatic rings. The monoisotopic (exact) mass is 409 g/mol. The smallest absolute Gasteiger partial charge is 0.245 e. The van der Waals surface area contributed by atoms with E-state index in [0.29, 0.717) is 24.1 Å². The Hall–Kier alpha value is -1.13. The Balaban J connectivity index is 1.31. The van der Waals surface area contributed by atoms with Crippen molar-refractivity contribution < 1.29 is 8.42 Å². The number of sulfonamides is 1. The summed E-state index contributed by atoms with van der Waals surface area (Å²) in [6, 6.07) is 5.19. The van der Waals surface area contributed by atoms with E-state index < -0.39 is 10.0 Å². The molecule has 0 amide bonds. The molecule has 2 saturated heterocycles. The molecule has 7 nitrogen and oxygen atoms in total. The number of benzene rings is 1. The molecule has 2 aliphatic heterocycles. The first kappa shape index (κ1) is 19.2. The van der Waals surface area contributed by atoms with Crippen molar-refractivity contribution in [2.24, 2.45) is 0 Å². The normalized spacial score (nSPS) is 21.0. The van der Waals surface area contributed by atoms with Crippen molar-refractivity contribution in [1.82, 2.24) is 22.9 Å². The van der Waals surface area contributed by atoms with Crippen LogP contribution >= 0.6 is 11.7 Å². The third kappa shape index (κ3) is 4.32. The van der Waals surface area contributed by atoms with Gasteiger partial charge in [0.05, 0.1) is 11.7 Å². The number of hydrogen-bond donors (Lipinski definition) is 0. The summed E-state index contributed by atoms with van der Waals surface area (Å²) in [5.41, 5.74) is 1.14. The standard InChI is InChI=1S/C18H27N5O2S2/c24-27(25,17-7-4-6-16-18(17)20-26-19-16)23-14-12-22(13-15-23)11-5-10-21-8-2-1-3-9-21/h4,6-7H,1-3,5,8-15H2. The lowest BCUT2D eigenvalue weighted by Crippen LogP contribution is -2.49. The van der Waals surface area contributed by atoms with Crippen molar-refractivity contribution in [1.29, 1.82) is 0 Å². The van der Waals surface area contributed by atoms with E-state index in [0.717, 1.165) is 44.3 Å². The quantitative estimate of drug-likeness (QED) is 0.726. The summed E-state index contributed by atoms with van der Waals surface area (Å²) in [5, 5.41) is 0. The number of rotatable bonds is 6. The molecule has 1 aromatic heterocycles. The lowest BCUT2D eigenvalue weighted by Gasteiger charge is -2.34. The Kier molecular flexibility index (Phi) is 6.03. The SMILES string of the molecule is O=S(=O)(c1cccc2nsnc12)N1CCN(CCCN2CCCCC2)CC1. The van der Waals surface area contributed by atoms with E-state index in [2.05, 4.69) is 18.5 Å². The Labute approximate surface area is 165 Å². The van der Waals surface area contributed by atoms with Crippen LogP contribution < -0.4 is 0 Å². The Bertz CT molecular complexity index is 856. The number of fused-ring (bicyclic) bond motifs is 1. The summed E-state index contributed by atoms with van der Waals surface area (Å²) in [7, 11) is -3.52. The number of hydrogen-bond acceptors (Lipinski definition) is 7. The minimum absolute atomic E-state index is 0.285. The first-order valence-corrected chi connectivity index (χ1v) is 12.0. The van der Waals surface area contributed by atoms with Crippen LogP contribution in [-0.4, -0.2) is 83.6 Å². The molecule has 0 aliphatic carbocycles. The second kappa shape index (κ2) is 8.48. The second-order valence-corrected chi connectivity index (χ2v) is 9.82. The maximum absolute atomic E-state index is 13.1. The van der Waals surface area contributed by atoms with Crippen molar-refractivity contribution >= 4 is 32.8 Å². The molecule has 2 aromatic rings. The van der Waals surface area contributed by atoms with E-state index in [1.165, 1.54) is 32.4 Å². The van der Waals surface area contributed by atoms with Gasteiger partial charge in [-0.2, -0.15) is 13.1 Å². The lowest BCUT2D eigenvalue weighted by molar-refractivity contribution is 0.168. The molecule has 27 heavy (non-hydrogen) atoms. The minimum Gasteiger partial charge on any atom is -0.303 e. The van der Waals surface area contributed by atoms with Gasteiger partial charge in [-0.25, -0.2) is 8.42 Å². The number of nitrogens with zero attached hydrogens (tertiary/aromatic N) is 5. The maximum Gasteiger partial charge on any atom is 0.245 e. The molecule has 2 fully saturated rings. The van der Waals surface area contributed by atoms with Gasteiger partial charge in [-0.3, -0.25) is 0 Å². The van der Waals surface area contributed by atoms with Crippen LogP contribution in [0.3, 0.4) is 0 Å². The van der Waals surface area contributed by atoms with Gasteiger partial charge in [-0.15, -0.1) is 0 Å². The third-order valence-corrected chi connectivity index (χ3v) is 8.07. The first-order valence-electron chi connectivity index (χ1n) is 9.81. The zero-order valence-corrected chi connectivity index (χ0v) is 17.2. The Morgan fingerprint density at radius 1 is 0.889 bits per heavy atom. The summed E-state index contributed by atoms with van der Waals surface area (Å²) in [5.74, 6) is 0. The largest absolute Gasteiger partial charge is 0.303 e. The minimum atomic E-state index is -3.52. The molecular weight excluding hydrogens is 382 g/mol. The van der Waals surface area contributed by atoms with Crippen molar-refractivity contribution in [3.63, 3.8) is 0 Å². The van der Waals surface area contributed by atoms with Gasteiger partial charge in [0.15, 0.2) is 0 Å². The van der Waals surface area contributed by atoms with Crippen molar-refractivity contribution in [3.8, 4) is 0 Å². The average Bonchev–Trinajstić information content (AvgIpc) is 3.18. The van der Waals surface area contributed by atoms with Crippen LogP contribution in [0.15, 0.2) is 23.1 Å². The molecule has 4 rings (SSSR count). The number of piperazine rings is 1. The van der Waals surface area contributed by atoms with Crippen LogP contribution in [0.2, 0.25) is 0 Å². The topological polar surface area (TPSA) is 69.6 Å². The van der Waals surface area contributed by atoms with Crippen LogP contribution in [0.4, 0.5) is 0 Å². The molecule has 0 saturated carbocycles. The molecule has 1 aromatic carbocycles. The van der Waals surface area contributed by atoms with Gasteiger partial charge in [-0.1, -0.05) is 12.5 Å². The van der Waals surface area contributed by atoms with E-state index in [9.17, 15) is 8.42 Å². The molecule has 0 radical (unpaired) electrons. The van der Waals surface area contributed by atoms with Crippen LogP contribution in [0, 0.1) is 0 Å². The number of aromatic nitrogens is 2. The zero-order chi connectivity index (χ0) is 18.7. The second-order valence-electron chi connectivity index (χ2n) is 7.39. The fourth-order valence-electron chi connectivity index (χ4n) is 4.02. The van der Waals surface area contributed by atoms with Gasteiger partial charge in [0.25, 0.3) is 0 Å². The van der Waals surface area contributed by atoms with Gasteiger partial charge in [0.2, 0.25) is 10.0 Å². The van der Waals surface area contributed by atoms with Crippen molar-refractivity contribution in [3.05, 3.63) is 18.2 Å². The summed E-state index contributed by atoms with van der Waals surface area (Å²) in [6.45, 7) is 7.37. The molecule has 0 atom stereocenters. The number of piperidine rings is 1. The van der Waals surface area contributed by atoms with Gasteiger partial charge >= 0.3 is 0 Å². The molecule has 0 bridgehead atoms. The lowest BCUT2D eigenvalue weighted by atomic mass is 10.1. The summed E-state index contributed by atoms with van der Waals surface area (Å²) in [6.07, 6.45) is 5.20. The predicted molar refractivity (Wildman–Crippen MR) is 108 cm³/mol. The molecule has 0 spiro atoms. The molecule has 0 N–H and O–H groups in total. The highest BCUT2D eigenvalue weighted by atomic mass is 32.2. The van der Waals surface area contributed by atoms with Crippen LogP contribution in [-0.2, 0) is 10.0 Å². The Morgan fingerprint density at radius 3 is 2.33 bits per heavy atom. The van der Waals surface area contributed by atoms with Gasteiger partial charge in [-0.05, 0) is 57.6 Å². The highest BCUT2D eigenvalue weighted by Gasteiger charge is 2.30. The van der Waals surface area contributed by atoms with Gasteiger partial charge < -0.3 is 9.80 Å². The number of likely N-dealkylation sites (tertiary alicyclic amines) is 1. The molecule has 3 heterocycles. The van der Waals surface area contributed by atoms with E-state index >= 15 is 0 Å². The highest BCUT2D eigenvalue weighted by Crippen LogP contribution is 2.25. The van der Waals surface area contributed by atoms with E-state index in [1.54, 1.807) is 22.5 Å². The fourth-order valence-corrected chi connectivity index (χ4v) is 6.20. The first-order chi connectivity index (χ1) is 13.1. The average molecular weight is 410 g/mol. The van der Waals surface area contributed by atoms with Crippen LogP contribution in [0.25, 0.3) is 11.0 Å². The van der Waals surface area contributed by atoms with Gasteiger partial charge in [0, 0.05) is 26.2 Å². The highest BCUT2D eigenvalue weighted by molar-refractivity contribution is 7.89. The van der Waals surface area contributed by atoms with Crippen molar-refractivity contribution in [2.45, 2.75) is 30.6 Å². The molecule has 148 valence electrons. The van der Waals surface area contributed by atoms with Crippen LogP contribution in [0.1, 0.15) is 25.7 Å². The van der Waals surface area contributed by atoms with Crippen LogP contribution in [0.5, 0.6) is 0 Å². The summed E-state index contributed by atoms with van der Waals surface area (Å²) >= 11 is 1.06. The summed E-state index contributed by atoms with van der Waals surface area (Å²) in [4.78, 5) is 5.24. The zero-order valence-electron chi connectivity index (χ0n) is 15.6. The third-order valence-electron chi connectivity index (χ3n) is 5.60. The predicted octanol–water partition coefficient (Wildman–Crippen LogP) is 1.87.